The highest BCUT2D eigenvalue weighted by Gasteiger charge is 2.07. The fourth-order valence-corrected chi connectivity index (χ4v) is 0.833. The van der Waals surface area contributed by atoms with Gasteiger partial charge in [-0.2, -0.15) is 0 Å². The van der Waals surface area contributed by atoms with Crippen molar-refractivity contribution in [2.24, 2.45) is 11.3 Å². The molecule has 72 valence electrons. The maximum absolute atomic E-state index is 9.22. The van der Waals surface area contributed by atoms with Crippen LogP contribution in [0.25, 0.3) is 0 Å². The summed E-state index contributed by atoms with van der Waals surface area (Å²) in [4.78, 5) is 0. The van der Waals surface area contributed by atoms with E-state index in [4.69, 9.17) is 0 Å². The third-order valence-corrected chi connectivity index (χ3v) is 1.95. The summed E-state index contributed by atoms with van der Waals surface area (Å²) in [5, 5.41) is 9.22. The minimum Gasteiger partial charge on any atom is -0.393 e. The quantitative estimate of drug-likeness (QED) is 0.646. The van der Waals surface area contributed by atoms with Gasteiger partial charge in [0.05, 0.1) is 6.10 Å². The van der Waals surface area contributed by atoms with Crippen molar-refractivity contribution in [3.8, 4) is 0 Å². The van der Waals surface area contributed by atoms with E-state index in [0.717, 1.165) is 6.42 Å². The molecule has 0 aliphatic carbocycles. The average molecular weight is 170 g/mol. The monoisotopic (exact) mass is 170 g/mol. The molecule has 0 aromatic rings. The number of aliphatic hydroxyl groups excluding tert-OH is 1. The molecule has 0 saturated heterocycles. The van der Waals surface area contributed by atoms with E-state index in [1.54, 1.807) is 0 Å². The first-order chi connectivity index (χ1) is 5.33. The second kappa shape index (κ2) is 4.66. The first kappa shape index (κ1) is 11.7. The van der Waals surface area contributed by atoms with Crippen LogP contribution in [-0.2, 0) is 0 Å². The maximum Gasteiger partial charge on any atom is 0.0540 e. The molecule has 0 heterocycles. The van der Waals surface area contributed by atoms with Crippen molar-refractivity contribution >= 4 is 0 Å². The zero-order chi connectivity index (χ0) is 9.78. The van der Waals surface area contributed by atoms with Crippen LogP contribution in [0.4, 0.5) is 0 Å². The SMILES string of the molecule is CC(O)C(C)CC=CC(C)(C)C. The zero-order valence-electron chi connectivity index (χ0n) is 8.96. The minimum atomic E-state index is -0.199. The summed E-state index contributed by atoms with van der Waals surface area (Å²) in [5.41, 5.74) is 0.262. The lowest BCUT2D eigenvalue weighted by molar-refractivity contribution is 0.136. The Hall–Kier alpha value is -0.300. The van der Waals surface area contributed by atoms with Gasteiger partial charge in [-0.3, -0.25) is 0 Å². The van der Waals surface area contributed by atoms with E-state index < -0.39 is 0 Å². The van der Waals surface area contributed by atoms with E-state index in [0.29, 0.717) is 5.92 Å². The van der Waals surface area contributed by atoms with Crippen LogP contribution in [-0.4, -0.2) is 11.2 Å². The largest absolute Gasteiger partial charge is 0.393 e. The van der Waals surface area contributed by atoms with E-state index in [-0.39, 0.29) is 11.5 Å². The molecule has 1 heteroatoms. The molecule has 1 nitrogen and oxygen atoms in total. The first-order valence-corrected chi connectivity index (χ1v) is 4.68. The van der Waals surface area contributed by atoms with E-state index >= 15 is 0 Å². The van der Waals surface area contributed by atoms with Crippen molar-refractivity contribution < 1.29 is 5.11 Å². The van der Waals surface area contributed by atoms with Crippen LogP contribution in [0.1, 0.15) is 41.0 Å². The van der Waals surface area contributed by atoms with Crippen LogP contribution >= 0.6 is 0 Å². The lowest BCUT2D eigenvalue weighted by Crippen LogP contribution is -2.12. The Kier molecular flexibility index (Phi) is 4.54. The molecule has 0 aliphatic rings. The van der Waals surface area contributed by atoms with Gasteiger partial charge in [-0.25, -0.2) is 0 Å². The third kappa shape index (κ3) is 6.41. The van der Waals surface area contributed by atoms with Gasteiger partial charge in [0.25, 0.3) is 0 Å². The standard InChI is InChI=1S/C11H22O/c1-9(10(2)12)7-6-8-11(3,4)5/h6,8-10,12H,7H2,1-5H3. The molecule has 1 N–H and O–H groups in total. The van der Waals surface area contributed by atoms with Crippen LogP contribution in [0.2, 0.25) is 0 Å². The van der Waals surface area contributed by atoms with Gasteiger partial charge < -0.3 is 5.11 Å². The van der Waals surface area contributed by atoms with Crippen LogP contribution in [0.3, 0.4) is 0 Å². The molecule has 0 aliphatic heterocycles. The zero-order valence-corrected chi connectivity index (χ0v) is 8.96. The molecule has 12 heavy (non-hydrogen) atoms. The topological polar surface area (TPSA) is 20.2 Å². The number of aliphatic hydroxyl groups is 1. The van der Waals surface area contributed by atoms with Crippen molar-refractivity contribution in [1.29, 1.82) is 0 Å². The van der Waals surface area contributed by atoms with Gasteiger partial charge >= 0.3 is 0 Å². The Balaban J connectivity index is 3.75. The number of rotatable bonds is 3. The van der Waals surface area contributed by atoms with Crippen molar-refractivity contribution in [3.63, 3.8) is 0 Å². The van der Waals surface area contributed by atoms with Gasteiger partial charge in [-0.1, -0.05) is 39.8 Å². The fraction of sp³-hybridized carbons (Fsp3) is 0.818. The smallest absolute Gasteiger partial charge is 0.0540 e. The van der Waals surface area contributed by atoms with Gasteiger partial charge in [-0.05, 0) is 24.7 Å². The van der Waals surface area contributed by atoms with Crippen molar-refractivity contribution in [2.45, 2.75) is 47.1 Å². The Morgan fingerprint density at radius 2 is 1.75 bits per heavy atom. The molecular formula is C11H22O. The molecular weight excluding hydrogens is 148 g/mol. The third-order valence-electron chi connectivity index (χ3n) is 1.95. The molecule has 0 aromatic heterocycles. The summed E-state index contributed by atoms with van der Waals surface area (Å²) in [5.74, 6) is 0.364. The summed E-state index contributed by atoms with van der Waals surface area (Å²) >= 11 is 0. The summed E-state index contributed by atoms with van der Waals surface area (Å²) in [6, 6.07) is 0. The fourth-order valence-electron chi connectivity index (χ4n) is 0.833. The summed E-state index contributed by atoms with van der Waals surface area (Å²) in [6.07, 6.45) is 5.13. The van der Waals surface area contributed by atoms with Gasteiger partial charge in [0.2, 0.25) is 0 Å². The normalized spacial score (nSPS) is 18.2. The Bertz CT molecular complexity index is 140. The van der Waals surface area contributed by atoms with E-state index in [9.17, 15) is 5.11 Å². The Morgan fingerprint density at radius 1 is 1.25 bits per heavy atom. The van der Waals surface area contributed by atoms with Crippen LogP contribution in [0.15, 0.2) is 12.2 Å². The minimum absolute atomic E-state index is 0.199. The lowest BCUT2D eigenvalue weighted by atomic mass is 9.94. The summed E-state index contributed by atoms with van der Waals surface area (Å²) < 4.78 is 0. The number of hydrogen-bond acceptors (Lipinski definition) is 1. The van der Waals surface area contributed by atoms with Crippen molar-refractivity contribution in [1.82, 2.24) is 0 Å². The molecule has 0 rings (SSSR count). The molecule has 0 amide bonds. The summed E-state index contributed by atoms with van der Waals surface area (Å²) in [6.45, 7) is 10.4. The maximum atomic E-state index is 9.22. The summed E-state index contributed by atoms with van der Waals surface area (Å²) in [7, 11) is 0. The van der Waals surface area contributed by atoms with Crippen molar-refractivity contribution in [2.75, 3.05) is 0 Å². The van der Waals surface area contributed by atoms with Gasteiger partial charge in [0.15, 0.2) is 0 Å². The molecule has 0 aromatic carbocycles. The van der Waals surface area contributed by atoms with Gasteiger partial charge in [0.1, 0.15) is 0 Å². The van der Waals surface area contributed by atoms with Gasteiger partial charge in [0, 0.05) is 0 Å². The molecule has 0 spiro atoms. The predicted molar refractivity (Wildman–Crippen MR) is 54.1 cm³/mol. The number of hydrogen-bond donors (Lipinski definition) is 1. The molecule has 2 unspecified atom stereocenters. The van der Waals surface area contributed by atoms with Crippen LogP contribution in [0.5, 0.6) is 0 Å². The van der Waals surface area contributed by atoms with E-state index in [1.165, 1.54) is 0 Å². The highest BCUT2D eigenvalue weighted by molar-refractivity contribution is 4.93. The first-order valence-electron chi connectivity index (χ1n) is 4.68. The second-order valence-electron chi connectivity index (χ2n) is 4.72. The Morgan fingerprint density at radius 3 is 2.08 bits per heavy atom. The van der Waals surface area contributed by atoms with Gasteiger partial charge in [-0.15, -0.1) is 0 Å². The molecule has 2 atom stereocenters. The highest BCUT2D eigenvalue weighted by Crippen LogP contribution is 2.16. The second-order valence-corrected chi connectivity index (χ2v) is 4.72. The van der Waals surface area contributed by atoms with E-state index in [2.05, 4.69) is 39.8 Å². The molecule has 0 bridgehead atoms. The molecule has 0 fully saturated rings. The van der Waals surface area contributed by atoms with Crippen molar-refractivity contribution in [3.05, 3.63) is 12.2 Å². The predicted octanol–water partition coefficient (Wildman–Crippen LogP) is 3.00. The van der Waals surface area contributed by atoms with Crippen LogP contribution in [0, 0.1) is 11.3 Å². The number of allylic oxidation sites excluding steroid dienone is 2. The van der Waals surface area contributed by atoms with Crippen LogP contribution < -0.4 is 0 Å². The lowest BCUT2D eigenvalue weighted by Gasteiger charge is -2.14. The molecule has 0 radical (unpaired) electrons. The van der Waals surface area contributed by atoms with E-state index in [1.807, 2.05) is 6.92 Å². The average Bonchev–Trinajstić information content (AvgIpc) is 1.84. The highest BCUT2D eigenvalue weighted by atomic mass is 16.3. The Labute approximate surface area is 76.5 Å². The molecule has 0 saturated carbocycles.